The topological polar surface area (TPSA) is 108 Å². The number of likely N-dealkylation sites (N-methyl/N-ethyl adjacent to an activating group) is 1. The molecule has 522 valence electrons. The van der Waals surface area contributed by atoms with E-state index in [2.05, 4.69) is 184 Å². The minimum Gasteiger partial charge on any atom is -0.462 e. The minimum absolute atomic E-state index is 0.0236. The van der Waals surface area contributed by atoms with Gasteiger partial charge in [-0.2, -0.15) is 0 Å². The summed E-state index contributed by atoms with van der Waals surface area (Å²) < 4.78 is 34.8. The number of unbranched alkanes of at least 4 members (excludes halogenated alkanes) is 24. The molecule has 0 aromatic heterocycles. The summed E-state index contributed by atoms with van der Waals surface area (Å²) >= 11 is 0. The molecule has 0 radical (unpaired) electrons. The van der Waals surface area contributed by atoms with Gasteiger partial charge in [0.05, 0.1) is 27.7 Å². The maximum absolute atomic E-state index is 12.9. The van der Waals surface area contributed by atoms with Crippen LogP contribution in [0.15, 0.2) is 170 Å². The van der Waals surface area contributed by atoms with Crippen molar-refractivity contribution in [2.75, 3.05) is 47.5 Å². The summed E-state index contributed by atoms with van der Waals surface area (Å²) in [6.45, 7) is 4.20. The van der Waals surface area contributed by atoms with E-state index in [1.54, 1.807) is 0 Å². The van der Waals surface area contributed by atoms with Gasteiger partial charge in [-0.15, -0.1) is 0 Å². The summed E-state index contributed by atoms with van der Waals surface area (Å²) in [5.74, 6) is -0.806. The van der Waals surface area contributed by atoms with Crippen molar-refractivity contribution in [1.29, 1.82) is 0 Å². The third-order valence-corrected chi connectivity index (χ3v) is 16.2. The summed E-state index contributed by atoms with van der Waals surface area (Å²) in [7, 11) is 1.46. The number of phosphoric acid groups is 1. The minimum atomic E-state index is -4.41. The van der Waals surface area contributed by atoms with Crippen LogP contribution in [0.4, 0.5) is 0 Å². The third-order valence-electron chi connectivity index (χ3n) is 15.2. The fraction of sp³-hybridized carbons (Fsp3) is 0.634. The SMILES string of the molecule is CC/C=C\C/C=C\C/C=C\C/C=C\C/C=C\C/C=C\C/C=C\CCCCCCCCCCCCCCCC(=O)OC(COC(=O)CCCCCCCCCCCCC/C=C\C/C=C\C/C=C\C/C=C\C/C=C\C/C=C\C/C=C\CC)COP(=O)(O)OCC[N+](C)(C)C. The largest absolute Gasteiger partial charge is 0.472 e. The van der Waals surface area contributed by atoms with Crippen LogP contribution in [0, 0.1) is 0 Å². The number of phosphoric ester groups is 1. The van der Waals surface area contributed by atoms with Gasteiger partial charge in [-0.3, -0.25) is 18.6 Å². The van der Waals surface area contributed by atoms with Crippen LogP contribution in [0.3, 0.4) is 0 Å². The van der Waals surface area contributed by atoms with Gasteiger partial charge in [0.2, 0.25) is 0 Å². The van der Waals surface area contributed by atoms with E-state index in [-0.39, 0.29) is 32.0 Å². The molecule has 0 saturated heterocycles. The molecule has 0 rings (SSSR count). The number of allylic oxidation sites excluding steroid dienone is 28. The summed E-state index contributed by atoms with van der Waals surface area (Å²) in [5.41, 5.74) is 0. The number of quaternary nitrogens is 1. The second-order valence-corrected chi connectivity index (χ2v) is 26.7. The number of carbonyl (C=O) groups excluding carboxylic acids is 2. The molecular formula is C82H137NO8P+. The summed E-state index contributed by atoms with van der Waals surface area (Å²) in [6.07, 6.45) is 107. The van der Waals surface area contributed by atoms with E-state index in [4.69, 9.17) is 18.5 Å². The van der Waals surface area contributed by atoms with Crippen molar-refractivity contribution in [3.63, 3.8) is 0 Å². The van der Waals surface area contributed by atoms with E-state index < -0.39 is 26.5 Å². The summed E-state index contributed by atoms with van der Waals surface area (Å²) in [6, 6.07) is 0. The lowest BCUT2D eigenvalue weighted by Crippen LogP contribution is -2.37. The molecule has 0 aromatic carbocycles. The van der Waals surface area contributed by atoms with Crippen LogP contribution in [0.25, 0.3) is 0 Å². The summed E-state index contributed by atoms with van der Waals surface area (Å²) in [5, 5.41) is 0. The maximum Gasteiger partial charge on any atom is 0.472 e. The highest BCUT2D eigenvalue weighted by atomic mass is 31.2. The van der Waals surface area contributed by atoms with E-state index in [0.717, 1.165) is 141 Å². The van der Waals surface area contributed by atoms with Crippen LogP contribution < -0.4 is 0 Å². The Morgan fingerprint density at radius 2 is 0.587 bits per heavy atom. The number of rotatable bonds is 66. The van der Waals surface area contributed by atoms with E-state index in [0.29, 0.717) is 17.4 Å². The molecule has 0 aliphatic carbocycles. The van der Waals surface area contributed by atoms with Crippen LogP contribution >= 0.6 is 7.82 Å². The van der Waals surface area contributed by atoms with Gasteiger partial charge in [0, 0.05) is 12.8 Å². The Balaban J connectivity index is 4.08. The predicted octanol–water partition coefficient (Wildman–Crippen LogP) is 24.5. The number of nitrogens with zero attached hydrogens (tertiary/aromatic N) is 1. The zero-order chi connectivity index (χ0) is 66.9. The van der Waals surface area contributed by atoms with Crippen LogP contribution in [0.1, 0.15) is 284 Å². The predicted molar refractivity (Wildman–Crippen MR) is 399 cm³/mol. The number of hydrogen-bond donors (Lipinski definition) is 1. The molecule has 92 heavy (non-hydrogen) atoms. The first-order valence-electron chi connectivity index (χ1n) is 36.9. The van der Waals surface area contributed by atoms with Gasteiger partial charge in [0.15, 0.2) is 6.10 Å². The van der Waals surface area contributed by atoms with Crippen molar-refractivity contribution in [3.8, 4) is 0 Å². The first-order chi connectivity index (χ1) is 45.0. The lowest BCUT2D eigenvalue weighted by atomic mass is 10.0. The number of esters is 2. The monoisotopic (exact) mass is 1300 g/mol. The molecule has 0 aromatic rings. The Hall–Kier alpha value is -4.63. The molecule has 0 spiro atoms. The highest BCUT2D eigenvalue weighted by Crippen LogP contribution is 2.43. The molecule has 0 amide bonds. The Morgan fingerprint density at radius 1 is 0.337 bits per heavy atom. The van der Waals surface area contributed by atoms with Crippen LogP contribution in [0.5, 0.6) is 0 Å². The standard InChI is InChI=1S/C82H136NO8P/c1-6-8-10-12-14-16-18-20-22-24-26-28-30-32-34-36-38-40-41-43-45-47-49-51-53-55-57-59-61-63-65-67-69-71-73-75-82(85)91-80(79-90-92(86,87)89-77-76-83(3,4)5)78-88-81(84)74-72-70-68-66-64-62-60-58-56-54-52-50-48-46-44-42-39-37-35-33-31-29-27-25-23-21-19-17-15-13-11-9-7-2/h8-11,14-17,20-23,26-29,32-35,38-40,42-43,45-46,48,80H,6-7,12-13,18-19,24-25,30-31,36-37,41,44,47,49-79H2,1-5H3/p+1/b10-8-,11-9-,16-14-,17-15-,22-20-,23-21-,28-26-,29-27-,34-32-,35-33-,40-38-,42-39-,45-43-,48-46-. The first-order valence-corrected chi connectivity index (χ1v) is 38.4. The lowest BCUT2D eigenvalue weighted by Gasteiger charge is -2.24. The molecule has 0 fully saturated rings. The highest BCUT2D eigenvalue weighted by Gasteiger charge is 2.27. The van der Waals surface area contributed by atoms with Crippen molar-refractivity contribution in [2.24, 2.45) is 0 Å². The number of ether oxygens (including phenoxy) is 2. The molecule has 1 N–H and O–H groups in total. The molecule has 2 atom stereocenters. The molecule has 0 aliphatic heterocycles. The van der Waals surface area contributed by atoms with Crippen molar-refractivity contribution in [2.45, 2.75) is 290 Å². The molecule has 0 heterocycles. The van der Waals surface area contributed by atoms with E-state index in [9.17, 15) is 19.0 Å². The van der Waals surface area contributed by atoms with Crippen molar-refractivity contribution in [3.05, 3.63) is 170 Å². The molecule has 0 bridgehead atoms. The Bertz CT molecular complexity index is 2160. The van der Waals surface area contributed by atoms with Crippen LogP contribution in [-0.2, 0) is 32.7 Å². The lowest BCUT2D eigenvalue weighted by molar-refractivity contribution is -0.870. The average molecular weight is 1300 g/mol. The van der Waals surface area contributed by atoms with Gasteiger partial charge in [-0.1, -0.05) is 312 Å². The van der Waals surface area contributed by atoms with Crippen molar-refractivity contribution >= 4 is 19.8 Å². The van der Waals surface area contributed by atoms with Crippen molar-refractivity contribution in [1.82, 2.24) is 0 Å². The van der Waals surface area contributed by atoms with Gasteiger partial charge in [-0.25, -0.2) is 4.57 Å². The van der Waals surface area contributed by atoms with Gasteiger partial charge >= 0.3 is 19.8 Å². The van der Waals surface area contributed by atoms with Crippen molar-refractivity contribution < 1.29 is 42.1 Å². The molecular weight excluding hydrogens is 1160 g/mol. The second kappa shape index (κ2) is 70.7. The average Bonchev–Trinajstić information content (AvgIpc) is 2.14. The maximum atomic E-state index is 12.9. The van der Waals surface area contributed by atoms with Gasteiger partial charge in [0.1, 0.15) is 19.8 Å². The van der Waals surface area contributed by atoms with Gasteiger partial charge in [-0.05, 0) is 128 Å². The number of carbonyl (C=O) groups is 2. The quantitative estimate of drug-likeness (QED) is 0.0211. The van der Waals surface area contributed by atoms with Gasteiger partial charge in [0.25, 0.3) is 0 Å². The highest BCUT2D eigenvalue weighted by molar-refractivity contribution is 7.47. The van der Waals surface area contributed by atoms with E-state index >= 15 is 0 Å². The second-order valence-electron chi connectivity index (χ2n) is 25.2. The van der Waals surface area contributed by atoms with E-state index in [1.807, 2.05) is 21.1 Å². The number of hydrogen-bond acceptors (Lipinski definition) is 7. The zero-order valence-corrected chi connectivity index (χ0v) is 60.4. The fourth-order valence-corrected chi connectivity index (χ4v) is 10.4. The fourth-order valence-electron chi connectivity index (χ4n) is 9.68. The molecule has 9 nitrogen and oxygen atoms in total. The molecule has 10 heteroatoms. The summed E-state index contributed by atoms with van der Waals surface area (Å²) in [4.78, 5) is 35.9. The van der Waals surface area contributed by atoms with Crippen LogP contribution in [-0.4, -0.2) is 74.9 Å². The first kappa shape index (κ1) is 87.4. The normalized spacial score (nSPS) is 14.1. The Labute approximate surface area is 566 Å². The zero-order valence-electron chi connectivity index (χ0n) is 59.5. The Kier molecular flexibility index (Phi) is 67.1. The smallest absolute Gasteiger partial charge is 0.462 e. The van der Waals surface area contributed by atoms with Crippen LogP contribution in [0.2, 0.25) is 0 Å². The molecule has 2 unspecified atom stereocenters. The molecule has 0 aliphatic rings. The van der Waals surface area contributed by atoms with E-state index in [1.165, 1.54) is 109 Å². The Morgan fingerprint density at radius 3 is 0.870 bits per heavy atom. The van der Waals surface area contributed by atoms with Gasteiger partial charge < -0.3 is 18.9 Å². The third kappa shape index (κ3) is 74.4. The molecule has 0 saturated carbocycles.